The van der Waals surface area contributed by atoms with Crippen LogP contribution in [0.5, 0.6) is 11.5 Å². The predicted octanol–water partition coefficient (Wildman–Crippen LogP) is 4.81. The van der Waals surface area contributed by atoms with E-state index in [0.717, 1.165) is 46.6 Å². The van der Waals surface area contributed by atoms with Gasteiger partial charge in [0.05, 0.1) is 24.1 Å². The molecule has 2 aromatic carbocycles. The van der Waals surface area contributed by atoms with Crippen molar-refractivity contribution in [3.05, 3.63) is 69.1 Å². The Labute approximate surface area is 234 Å². The second-order valence-electron chi connectivity index (χ2n) is 11.3. The Morgan fingerprint density at radius 3 is 2.82 bits per heavy atom. The highest BCUT2D eigenvalue weighted by molar-refractivity contribution is 14.1. The van der Waals surface area contributed by atoms with E-state index in [-0.39, 0.29) is 22.9 Å². The fraction of sp³-hybridized carbons (Fsp3) is 0.448. The fourth-order valence-electron chi connectivity index (χ4n) is 8.59. The third-order valence-corrected chi connectivity index (χ3v) is 11.1. The van der Waals surface area contributed by atoms with Crippen molar-refractivity contribution in [3.8, 4) is 11.5 Å². The van der Waals surface area contributed by atoms with Crippen molar-refractivity contribution in [3.63, 3.8) is 0 Å². The van der Waals surface area contributed by atoms with E-state index < -0.39 is 5.60 Å². The Balaban J connectivity index is 1.28. The van der Waals surface area contributed by atoms with Crippen molar-refractivity contribution in [2.45, 2.75) is 48.3 Å². The van der Waals surface area contributed by atoms with Gasteiger partial charge in [0.2, 0.25) is 5.89 Å². The Kier molecular flexibility index (Phi) is 4.73. The number of methoxy groups -OCH3 is 2. The number of aromatic nitrogens is 2. The van der Waals surface area contributed by atoms with Gasteiger partial charge >= 0.3 is 6.01 Å². The van der Waals surface area contributed by atoms with E-state index in [0.29, 0.717) is 17.9 Å². The highest BCUT2D eigenvalue weighted by Gasteiger charge is 2.79. The van der Waals surface area contributed by atoms with Gasteiger partial charge in [0.25, 0.3) is 0 Å². The first kappa shape index (κ1) is 23.3. The fourth-order valence-corrected chi connectivity index (χ4v) is 9.11. The smallest absolute Gasteiger partial charge is 0.320 e. The number of fused-ring (bicyclic) bond motifs is 1. The molecule has 1 N–H and O–H groups in total. The van der Waals surface area contributed by atoms with E-state index in [4.69, 9.17) is 18.6 Å². The lowest BCUT2D eigenvalue weighted by molar-refractivity contribution is -0.200. The minimum atomic E-state index is -0.744. The normalized spacial score (nSPS) is 35.6. The summed E-state index contributed by atoms with van der Waals surface area (Å²) in [6, 6.07) is 13.1. The molecule has 2 fully saturated rings. The number of benzene rings is 2. The molecule has 2 spiro atoms. The molecule has 6 atom stereocenters. The van der Waals surface area contributed by atoms with Crippen LogP contribution < -0.4 is 14.8 Å². The van der Waals surface area contributed by atoms with Crippen molar-refractivity contribution in [2.24, 2.45) is 5.41 Å². The van der Waals surface area contributed by atoms with E-state index in [1.165, 1.54) is 11.1 Å². The number of hydrogen-bond acceptors (Lipinski definition) is 8. The van der Waals surface area contributed by atoms with Crippen LogP contribution in [0.3, 0.4) is 0 Å². The molecular formula is C29H29IN4O4. The van der Waals surface area contributed by atoms with Crippen LogP contribution >= 0.6 is 22.6 Å². The number of nitrogens with one attached hydrogen (secondary N) is 1. The molecule has 0 radical (unpaired) electrons. The third-order valence-electron chi connectivity index (χ3n) is 10.1. The van der Waals surface area contributed by atoms with Gasteiger partial charge in [-0.15, -0.1) is 5.10 Å². The molecule has 196 valence electrons. The van der Waals surface area contributed by atoms with Crippen LogP contribution in [-0.2, 0) is 16.6 Å². The summed E-state index contributed by atoms with van der Waals surface area (Å²) in [5, 5.41) is 12.3. The lowest BCUT2D eigenvalue weighted by Gasteiger charge is -2.70. The van der Waals surface area contributed by atoms with Crippen LogP contribution in [0, 0.1) is 8.99 Å². The zero-order valence-corrected chi connectivity index (χ0v) is 23.7. The van der Waals surface area contributed by atoms with Crippen LogP contribution in [0.25, 0.3) is 0 Å². The van der Waals surface area contributed by atoms with Crippen molar-refractivity contribution in [2.75, 3.05) is 33.1 Å². The number of hydrogen-bond donors (Lipinski definition) is 1. The van der Waals surface area contributed by atoms with Crippen molar-refractivity contribution in [1.82, 2.24) is 15.1 Å². The topological polar surface area (TPSA) is 81.9 Å². The average Bonchev–Trinajstić information content (AvgIpc) is 3.55. The summed E-state index contributed by atoms with van der Waals surface area (Å²) in [7, 11) is 5.77. The van der Waals surface area contributed by atoms with Crippen molar-refractivity contribution >= 4 is 34.3 Å². The van der Waals surface area contributed by atoms with Gasteiger partial charge in [0, 0.05) is 27.7 Å². The minimum Gasteiger partial charge on any atom is -0.493 e. The first-order valence-corrected chi connectivity index (χ1v) is 14.2. The maximum atomic E-state index is 7.00. The molecule has 8 nitrogen and oxygen atoms in total. The summed E-state index contributed by atoms with van der Waals surface area (Å²) in [6.45, 7) is 1.02. The van der Waals surface area contributed by atoms with Gasteiger partial charge in [-0.2, -0.15) is 0 Å². The highest BCUT2D eigenvalue weighted by Crippen LogP contribution is 2.75. The van der Waals surface area contributed by atoms with Gasteiger partial charge < -0.3 is 28.8 Å². The number of ether oxygens (including phenoxy) is 3. The van der Waals surface area contributed by atoms with Crippen LogP contribution in [0.2, 0.25) is 0 Å². The summed E-state index contributed by atoms with van der Waals surface area (Å²) < 4.78 is 26.8. The zero-order chi connectivity index (χ0) is 25.9. The van der Waals surface area contributed by atoms with E-state index in [9.17, 15) is 0 Å². The predicted molar refractivity (Wildman–Crippen MR) is 149 cm³/mol. The van der Waals surface area contributed by atoms with Gasteiger partial charge in [0.15, 0.2) is 11.5 Å². The summed E-state index contributed by atoms with van der Waals surface area (Å²) in [6.07, 6.45) is 7.31. The quantitative estimate of drug-likeness (QED) is 0.320. The van der Waals surface area contributed by atoms with Crippen LogP contribution in [0.1, 0.15) is 35.8 Å². The molecule has 9 rings (SSSR count). The zero-order valence-electron chi connectivity index (χ0n) is 21.5. The van der Waals surface area contributed by atoms with Gasteiger partial charge in [0.1, 0.15) is 11.7 Å². The first-order valence-electron chi connectivity index (χ1n) is 13.1. The van der Waals surface area contributed by atoms with Crippen LogP contribution in [0.15, 0.2) is 53.0 Å². The molecule has 38 heavy (non-hydrogen) atoms. The maximum absolute atomic E-state index is 7.00. The molecule has 9 heteroatoms. The molecule has 3 heterocycles. The van der Waals surface area contributed by atoms with Gasteiger partial charge in [-0.25, -0.2) is 0 Å². The summed E-state index contributed by atoms with van der Waals surface area (Å²) in [5.74, 6) is 2.12. The number of nitrogens with zero attached hydrogens (tertiary/aromatic N) is 3. The SMILES string of the molecule is COc1ccc2c3c1O[C@H]1[C@@]4(OC)C=C[C@@]5(C[C@@H]4c4nnc(Nc6ccccc6I)o4)[C@@H](C2)N(C)CC[C@]315. The lowest BCUT2D eigenvalue weighted by atomic mass is 9.37. The number of anilines is 2. The van der Waals surface area contributed by atoms with Crippen molar-refractivity contribution < 1.29 is 18.6 Å². The molecule has 1 aromatic heterocycles. The molecule has 0 unspecified atom stereocenters. The number of halogens is 1. The third kappa shape index (κ3) is 2.58. The molecule has 0 amide bonds. The Morgan fingerprint density at radius 2 is 2.00 bits per heavy atom. The van der Waals surface area contributed by atoms with Gasteiger partial charge in [-0.1, -0.05) is 35.4 Å². The first-order chi connectivity index (χ1) is 18.5. The Bertz CT molecular complexity index is 1510. The van der Waals surface area contributed by atoms with Crippen LogP contribution in [-0.4, -0.2) is 60.7 Å². The second-order valence-corrected chi connectivity index (χ2v) is 12.5. The lowest BCUT2D eigenvalue weighted by Crippen LogP contribution is -2.78. The van der Waals surface area contributed by atoms with E-state index >= 15 is 0 Å². The molecule has 6 aliphatic rings. The average molecular weight is 624 g/mol. The summed E-state index contributed by atoms with van der Waals surface area (Å²) in [4.78, 5) is 2.54. The highest BCUT2D eigenvalue weighted by atomic mass is 127. The monoisotopic (exact) mass is 624 g/mol. The van der Waals surface area contributed by atoms with E-state index in [2.05, 4.69) is 74.3 Å². The Hall–Kier alpha value is -2.63. The molecule has 3 aromatic rings. The number of likely N-dealkylation sites (N-methyl/N-ethyl adjacent to an activating group) is 1. The number of piperidine rings is 1. The molecule has 1 saturated heterocycles. The molecule has 4 bridgehead atoms. The number of likely N-dealkylation sites (tertiary alicyclic amines) is 1. The van der Waals surface area contributed by atoms with Crippen molar-refractivity contribution in [1.29, 1.82) is 0 Å². The summed E-state index contributed by atoms with van der Waals surface area (Å²) >= 11 is 2.30. The van der Waals surface area contributed by atoms with Crippen LogP contribution in [0.4, 0.5) is 11.7 Å². The maximum Gasteiger partial charge on any atom is 0.320 e. The number of para-hydroxylation sites is 1. The molecule has 4 aliphatic carbocycles. The van der Waals surface area contributed by atoms with Gasteiger partial charge in [-0.05, 0) is 79.2 Å². The van der Waals surface area contributed by atoms with Gasteiger partial charge in [-0.3, -0.25) is 0 Å². The molecule has 1 saturated carbocycles. The Morgan fingerprint density at radius 1 is 1.13 bits per heavy atom. The minimum absolute atomic E-state index is 0.142. The second kappa shape index (κ2) is 7.73. The number of rotatable bonds is 5. The molecule has 2 aliphatic heterocycles. The summed E-state index contributed by atoms with van der Waals surface area (Å²) in [5.41, 5.74) is 2.57. The largest absolute Gasteiger partial charge is 0.493 e. The van der Waals surface area contributed by atoms with E-state index in [1.807, 2.05) is 24.3 Å². The molecular weight excluding hydrogens is 595 g/mol. The standard InChI is InChI=1S/C29H29IN4O4/c1-34-13-12-28-22-16-8-9-20(35-2)23(22)37-25(28)29(36-3)11-10-27(28,21(34)14-16)15-17(29)24-32-33-26(38-24)31-19-7-5-4-6-18(19)30/h4-11,17,21,25H,12-15H2,1-3H3,(H,31,33)/t17-,21-,25-,27-,28+,29-/m1/s1. The van der Waals surface area contributed by atoms with E-state index in [1.54, 1.807) is 14.2 Å².